The Balaban J connectivity index is 1.56. The number of unbranched alkanes of at least 4 members (excludes halogenated alkanes) is 1. The van der Waals surface area contributed by atoms with Crippen LogP contribution in [0, 0.1) is 13.8 Å². The molecule has 0 fully saturated rings. The molecule has 4 rings (SSSR count). The maximum atomic E-state index is 12.5. The molecule has 0 spiro atoms. The fourth-order valence-corrected chi connectivity index (χ4v) is 5.30. The van der Waals surface area contributed by atoms with Crippen LogP contribution in [0.5, 0.6) is 0 Å². The molecule has 0 amide bonds. The lowest BCUT2D eigenvalue weighted by Gasteiger charge is -2.06. The van der Waals surface area contributed by atoms with E-state index in [0.29, 0.717) is 30.0 Å². The van der Waals surface area contributed by atoms with Gasteiger partial charge in [0.25, 0.3) is 5.56 Å². The maximum absolute atomic E-state index is 12.5. The van der Waals surface area contributed by atoms with Crippen molar-refractivity contribution in [2.45, 2.75) is 63.7 Å². The van der Waals surface area contributed by atoms with Crippen LogP contribution in [0.3, 0.4) is 0 Å². The van der Waals surface area contributed by atoms with Crippen LogP contribution in [0.25, 0.3) is 11.2 Å². The van der Waals surface area contributed by atoms with Gasteiger partial charge in [0.1, 0.15) is 5.82 Å². The fourth-order valence-electron chi connectivity index (χ4n) is 3.58. The minimum absolute atomic E-state index is 0.399. The predicted molar refractivity (Wildman–Crippen MR) is 134 cm³/mol. The Hall–Kier alpha value is -2.92. The molecule has 0 unspecified atom stereocenters. The SMILES string of the molecule is CCCCn1c(=O)[nH]c(=O)c2c1nc(CSc1nnc(Nc3ccc(C)c(C)c3)s1)n2CC. The molecule has 9 nitrogen and oxygen atoms in total. The number of aromatic amines is 1. The van der Waals surface area contributed by atoms with E-state index in [1.165, 1.54) is 34.2 Å². The Morgan fingerprint density at radius 1 is 1.12 bits per heavy atom. The number of nitrogens with zero attached hydrogens (tertiary/aromatic N) is 5. The zero-order valence-corrected chi connectivity index (χ0v) is 20.8. The zero-order valence-electron chi connectivity index (χ0n) is 19.1. The van der Waals surface area contributed by atoms with Gasteiger partial charge in [0, 0.05) is 18.8 Å². The van der Waals surface area contributed by atoms with E-state index >= 15 is 0 Å². The Morgan fingerprint density at radius 3 is 2.67 bits per heavy atom. The van der Waals surface area contributed by atoms with Crippen LogP contribution in [0.15, 0.2) is 32.1 Å². The van der Waals surface area contributed by atoms with Crippen molar-refractivity contribution in [1.82, 2.24) is 29.3 Å². The van der Waals surface area contributed by atoms with Crippen molar-refractivity contribution in [2.24, 2.45) is 0 Å². The van der Waals surface area contributed by atoms with Gasteiger partial charge in [0.2, 0.25) is 5.13 Å². The van der Waals surface area contributed by atoms with Crippen molar-refractivity contribution in [3.05, 3.63) is 56.0 Å². The van der Waals surface area contributed by atoms with Crippen molar-refractivity contribution >= 4 is 45.1 Å². The van der Waals surface area contributed by atoms with E-state index in [2.05, 4.69) is 53.4 Å². The summed E-state index contributed by atoms with van der Waals surface area (Å²) in [5.41, 5.74) is 3.51. The Morgan fingerprint density at radius 2 is 1.94 bits per heavy atom. The molecule has 4 aromatic rings. The summed E-state index contributed by atoms with van der Waals surface area (Å²) in [5.74, 6) is 1.25. The first-order valence-corrected chi connectivity index (χ1v) is 12.7. The standard InChI is InChI=1S/C22H27N7O2S2/c1-5-7-10-29-18-17(19(30)25-21(29)31)28(6-2)16(24-18)12-32-22-27-26-20(33-22)23-15-9-8-13(3)14(4)11-15/h8-9,11H,5-7,10,12H2,1-4H3,(H,23,26)(H,25,30,31). The molecule has 0 atom stereocenters. The van der Waals surface area contributed by atoms with Crippen molar-refractivity contribution in [3.8, 4) is 0 Å². The molecule has 33 heavy (non-hydrogen) atoms. The summed E-state index contributed by atoms with van der Waals surface area (Å²) >= 11 is 2.98. The molecule has 11 heteroatoms. The minimum Gasteiger partial charge on any atom is -0.330 e. The third kappa shape index (κ3) is 4.88. The van der Waals surface area contributed by atoms with Crippen molar-refractivity contribution in [1.29, 1.82) is 0 Å². The van der Waals surface area contributed by atoms with E-state index in [1.807, 2.05) is 17.6 Å². The molecular weight excluding hydrogens is 458 g/mol. The normalized spacial score (nSPS) is 11.4. The van der Waals surface area contributed by atoms with Crippen LogP contribution >= 0.6 is 23.1 Å². The summed E-state index contributed by atoms with van der Waals surface area (Å²) < 4.78 is 4.24. The number of aryl methyl sites for hydroxylation is 4. The minimum atomic E-state index is -0.410. The lowest BCUT2D eigenvalue weighted by molar-refractivity contribution is 0.613. The topological polar surface area (TPSA) is 110 Å². The molecule has 0 aliphatic rings. The first-order chi connectivity index (χ1) is 15.9. The van der Waals surface area contributed by atoms with Crippen LogP contribution < -0.4 is 16.6 Å². The molecule has 1 aromatic carbocycles. The second-order valence-electron chi connectivity index (χ2n) is 7.79. The van der Waals surface area contributed by atoms with Gasteiger partial charge in [-0.3, -0.25) is 14.3 Å². The number of imidazole rings is 1. The number of H-pyrrole nitrogens is 1. The van der Waals surface area contributed by atoms with E-state index in [9.17, 15) is 9.59 Å². The van der Waals surface area contributed by atoms with Crippen LogP contribution in [0.1, 0.15) is 43.6 Å². The molecule has 3 heterocycles. The summed E-state index contributed by atoms with van der Waals surface area (Å²) in [5, 5.41) is 12.5. The summed E-state index contributed by atoms with van der Waals surface area (Å²) in [6.07, 6.45) is 1.78. The molecular formula is C22H27N7O2S2. The number of thioether (sulfide) groups is 1. The molecule has 0 saturated heterocycles. The molecule has 0 aliphatic carbocycles. The van der Waals surface area contributed by atoms with E-state index in [1.54, 1.807) is 4.57 Å². The predicted octanol–water partition coefficient (Wildman–Crippen LogP) is 4.21. The van der Waals surface area contributed by atoms with Crippen LogP contribution in [-0.2, 0) is 18.8 Å². The number of hydrogen-bond acceptors (Lipinski definition) is 8. The molecule has 174 valence electrons. The van der Waals surface area contributed by atoms with E-state index in [4.69, 9.17) is 4.98 Å². The van der Waals surface area contributed by atoms with E-state index < -0.39 is 11.2 Å². The van der Waals surface area contributed by atoms with Gasteiger partial charge < -0.3 is 9.88 Å². The number of benzene rings is 1. The molecule has 3 aromatic heterocycles. The Labute approximate surface area is 199 Å². The smallest absolute Gasteiger partial charge is 0.330 e. The number of aromatic nitrogens is 6. The van der Waals surface area contributed by atoms with Gasteiger partial charge in [-0.15, -0.1) is 10.2 Å². The van der Waals surface area contributed by atoms with E-state index in [0.717, 1.165) is 33.8 Å². The highest BCUT2D eigenvalue weighted by Crippen LogP contribution is 2.30. The van der Waals surface area contributed by atoms with Crippen molar-refractivity contribution in [3.63, 3.8) is 0 Å². The van der Waals surface area contributed by atoms with E-state index in [-0.39, 0.29) is 0 Å². The van der Waals surface area contributed by atoms with Gasteiger partial charge in [-0.2, -0.15) is 0 Å². The van der Waals surface area contributed by atoms with Crippen molar-refractivity contribution < 1.29 is 0 Å². The quantitative estimate of drug-likeness (QED) is 0.342. The van der Waals surface area contributed by atoms with Gasteiger partial charge in [0.15, 0.2) is 15.5 Å². The van der Waals surface area contributed by atoms with Gasteiger partial charge in [-0.05, 0) is 50.5 Å². The number of hydrogen-bond donors (Lipinski definition) is 2. The number of nitrogens with one attached hydrogen (secondary N) is 2. The summed E-state index contributed by atoms with van der Waals surface area (Å²) in [4.78, 5) is 32.1. The van der Waals surface area contributed by atoms with Crippen LogP contribution in [0.2, 0.25) is 0 Å². The Bertz CT molecular complexity index is 1400. The average Bonchev–Trinajstić information content (AvgIpc) is 3.39. The second kappa shape index (κ2) is 9.92. The lowest BCUT2D eigenvalue weighted by Crippen LogP contribution is -2.31. The number of rotatable bonds is 9. The summed E-state index contributed by atoms with van der Waals surface area (Å²) in [6, 6.07) is 6.18. The van der Waals surface area contributed by atoms with Gasteiger partial charge in [-0.1, -0.05) is 42.5 Å². The fraction of sp³-hybridized carbons (Fsp3) is 0.409. The second-order valence-corrected chi connectivity index (χ2v) is 9.99. The number of anilines is 2. The largest absolute Gasteiger partial charge is 0.330 e. The molecule has 2 N–H and O–H groups in total. The first-order valence-electron chi connectivity index (χ1n) is 10.9. The Kier molecular flexibility index (Phi) is 6.99. The summed E-state index contributed by atoms with van der Waals surface area (Å²) in [7, 11) is 0. The monoisotopic (exact) mass is 485 g/mol. The maximum Gasteiger partial charge on any atom is 0.330 e. The molecule has 0 aliphatic heterocycles. The average molecular weight is 486 g/mol. The molecule has 0 saturated carbocycles. The third-order valence-corrected chi connectivity index (χ3v) is 7.47. The highest BCUT2D eigenvalue weighted by molar-refractivity contribution is 8.00. The summed E-state index contributed by atoms with van der Waals surface area (Å²) in [6.45, 7) is 9.30. The van der Waals surface area contributed by atoms with Gasteiger partial charge in [0.05, 0.1) is 5.75 Å². The third-order valence-electron chi connectivity index (χ3n) is 5.51. The highest BCUT2D eigenvalue weighted by Gasteiger charge is 2.18. The van der Waals surface area contributed by atoms with Crippen LogP contribution in [-0.4, -0.2) is 29.3 Å². The van der Waals surface area contributed by atoms with Gasteiger partial charge in [-0.25, -0.2) is 9.78 Å². The highest BCUT2D eigenvalue weighted by atomic mass is 32.2. The first kappa shape index (κ1) is 23.2. The molecule has 0 bridgehead atoms. The zero-order chi connectivity index (χ0) is 23.5. The molecule has 0 radical (unpaired) electrons. The van der Waals surface area contributed by atoms with Gasteiger partial charge >= 0.3 is 5.69 Å². The van der Waals surface area contributed by atoms with Crippen LogP contribution in [0.4, 0.5) is 10.8 Å². The van der Waals surface area contributed by atoms with Crippen molar-refractivity contribution in [2.75, 3.05) is 5.32 Å². The number of fused-ring (bicyclic) bond motifs is 1. The lowest BCUT2D eigenvalue weighted by atomic mass is 10.1.